The second kappa shape index (κ2) is 8.63. The summed E-state index contributed by atoms with van der Waals surface area (Å²) in [5.74, 6) is 0.571. The average molecular weight is 491 g/mol. The molecule has 2 saturated heterocycles. The van der Waals surface area contributed by atoms with Crippen LogP contribution in [0.1, 0.15) is 33.1 Å². The Bertz CT molecular complexity index is 1070. The first-order valence-corrected chi connectivity index (χ1v) is 13.7. The van der Waals surface area contributed by atoms with E-state index in [-0.39, 0.29) is 41.4 Å². The van der Waals surface area contributed by atoms with Crippen molar-refractivity contribution in [2.45, 2.75) is 56.3 Å². The molecule has 33 heavy (non-hydrogen) atoms. The van der Waals surface area contributed by atoms with Crippen molar-refractivity contribution in [3.63, 3.8) is 0 Å². The number of hydrogen-bond acceptors (Lipinski definition) is 7. The van der Waals surface area contributed by atoms with Gasteiger partial charge in [-0.3, -0.25) is 9.10 Å². The van der Waals surface area contributed by atoms with Crippen molar-refractivity contribution in [2.75, 3.05) is 24.2 Å². The van der Waals surface area contributed by atoms with Crippen LogP contribution in [0.3, 0.4) is 0 Å². The van der Waals surface area contributed by atoms with Crippen LogP contribution in [0.5, 0.6) is 0 Å². The lowest BCUT2D eigenvalue weighted by Gasteiger charge is -2.42. The van der Waals surface area contributed by atoms with Crippen molar-refractivity contribution in [2.24, 2.45) is 16.8 Å². The molecular formula is C23H30N4O4S2. The van der Waals surface area contributed by atoms with E-state index in [1.54, 1.807) is 17.6 Å². The number of carbonyl (C=O) groups is 1. The quantitative estimate of drug-likeness (QED) is 0.594. The van der Waals surface area contributed by atoms with Crippen LogP contribution >= 0.6 is 11.9 Å². The van der Waals surface area contributed by atoms with Gasteiger partial charge in [-0.25, -0.2) is 9.20 Å². The molecule has 0 saturated carbocycles. The number of nitrogens with one attached hydrogen (secondary N) is 1. The van der Waals surface area contributed by atoms with Gasteiger partial charge in [0.15, 0.2) is 5.84 Å². The molecule has 2 bridgehead atoms. The number of carbonyl (C=O) groups excluding carboxylic acids is 1. The lowest BCUT2D eigenvalue weighted by molar-refractivity contribution is -0.132. The lowest BCUT2D eigenvalue weighted by atomic mass is 9.78. The van der Waals surface area contributed by atoms with Gasteiger partial charge in [0.05, 0.1) is 40.4 Å². The summed E-state index contributed by atoms with van der Waals surface area (Å²) in [6.45, 7) is 4.94. The van der Waals surface area contributed by atoms with Crippen LogP contribution in [-0.4, -0.2) is 64.1 Å². The molecule has 4 aliphatic heterocycles. The number of ether oxygens (including phenoxy) is 1. The Morgan fingerprint density at radius 2 is 2.12 bits per heavy atom. The first kappa shape index (κ1) is 22.7. The SMILES string of the molecule is CC(C)CCN1C(=O)C(C2=Nc3ccc(N(C)S(C)=O)cc3SN2)=C(O)C2C3CCC(O3)C21. The Hall–Kier alpha value is -2.04. The first-order valence-electron chi connectivity index (χ1n) is 11.4. The molecule has 8 nitrogen and oxygen atoms in total. The number of aliphatic imine (C=N–C) groups is 1. The second-order valence-electron chi connectivity index (χ2n) is 9.49. The lowest BCUT2D eigenvalue weighted by Crippen LogP contribution is -2.56. The summed E-state index contributed by atoms with van der Waals surface area (Å²) in [6, 6.07) is 5.53. The molecule has 0 aliphatic carbocycles. The number of fused-ring (bicyclic) bond motifs is 6. The first-order chi connectivity index (χ1) is 15.8. The molecule has 178 valence electrons. The summed E-state index contributed by atoms with van der Waals surface area (Å²) in [5.41, 5.74) is 1.78. The molecule has 0 radical (unpaired) electrons. The summed E-state index contributed by atoms with van der Waals surface area (Å²) in [6.07, 6.45) is 4.30. The molecule has 1 aromatic carbocycles. The molecule has 2 N–H and O–H groups in total. The predicted octanol–water partition coefficient (Wildman–Crippen LogP) is 3.30. The zero-order chi connectivity index (χ0) is 23.4. The van der Waals surface area contributed by atoms with Gasteiger partial charge in [-0.05, 0) is 55.3 Å². The van der Waals surface area contributed by atoms with Gasteiger partial charge in [0.1, 0.15) is 22.3 Å². The smallest absolute Gasteiger partial charge is 0.261 e. The maximum atomic E-state index is 13.7. The Morgan fingerprint density at radius 1 is 1.36 bits per heavy atom. The fraction of sp³-hybridized carbons (Fsp3) is 0.565. The maximum Gasteiger partial charge on any atom is 0.261 e. The normalized spacial score (nSPS) is 29.1. The topological polar surface area (TPSA) is 94.5 Å². The van der Waals surface area contributed by atoms with E-state index >= 15 is 0 Å². The highest BCUT2D eigenvalue weighted by atomic mass is 32.2. The number of anilines is 1. The highest BCUT2D eigenvalue weighted by Gasteiger charge is 2.58. The summed E-state index contributed by atoms with van der Waals surface area (Å²) >= 11 is 1.34. The number of benzene rings is 1. The van der Waals surface area contributed by atoms with E-state index in [0.717, 1.165) is 29.8 Å². The molecule has 4 heterocycles. The Balaban J connectivity index is 1.51. The highest BCUT2D eigenvalue weighted by Crippen LogP contribution is 2.48. The standard InChI is InChI=1S/C23H30N4O4S2/c1-12(2)9-10-27-20-16-8-7-15(31-16)18(20)21(28)19(23(27)29)22-24-14-6-5-13(26(3)33(4)30)11-17(14)32-25-22/h5-6,11-12,15-16,18,20,28H,7-10H2,1-4H3,(H,24,25). The van der Waals surface area contributed by atoms with Gasteiger partial charge in [-0.2, -0.15) is 0 Å². The van der Waals surface area contributed by atoms with Gasteiger partial charge in [-0.1, -0.05) is 13.8 Å². The van der Waals surface area contributed by atoms with Crippen molar-refractivity contribution in [1.29, 1.82) is 0 Å². The third-order valence-corrected chi connectivity index (χ3v) is 8.83. The van der Waals surface area contributed by atoms with E-state index in [0.29, 0.717) is 24.0 Å². The van der Waals surface area contributed by atoms with E-state index < -0.39 is 11.0 Å². The third kappa shape index (κ3) is 3.85. The maximum absolute atomic E-state index is 13.7. The van der Waals surface area contributed by atoms with Gasteiger partial charge in [0, 0.05) is 19.8 Å². The summed E-state index contributed by atoms with van der Waals surface area (Å²) in [4.78, 5) is 21.2. The molecule has 4 aliphatic rings. The van der Waals surface area contributed by atoms with Gasteiger partial charge < -0.3 is 19.5 Å². The van der Waals surface area contributed by atoms with Crippen molar-refractivity contribution in [3.8, 4) is 0 Å². The number of aliphatic hydroxyl groups is 1. The van der Waals surface area contributed by atoms with Crippen molar-refractivity contribution in [1.82, 2.24) is 9.62 Å². The highest BCUT2D eigenvalue weighted by molar-refractivity contribution is 7.98. The number of aliphatic hydroxyl groups excluding tert-OH is 1. The summed E-state index contributed by atoms with van der Waals surface area (Å²) in [5, 5.41) is 11.3. The van der Waals surface area contributed by atoms with Crippen LogP contribution in [0.2, 0.25) is 0 Å². The fourth-order valence-corrected chi connectivity index (χ4v) is 6.35. The van der Waals surface area contributed by atoms with Gasteiger partial charge in [0.25, 0.3) is 5.91 Å². The predicted molar refractivity (Wildman–Crippen MR) is 131 cm³/mol. The van der Waals surface area contributed by atoms with E-state index in [4.69, 9.17) is 9.73 Å². The molecule has 1 aromatic rings. The van der Waals surface area contributed by atoms with Crippen LogP contribution < -0.4 is 9.03 Å². The second-order valence-corrected chi connectivity index (χ2v) is 11.7. The Kier molecular flexibility index (Phi) is 5.95. The van der Waals surface area contributed by atoms with Crippen molar-refractivity contribution in [3.05, 3.63) is 29.5 Å². The monoisotopic (exact) mass is 490 g/mol. The molecule has 0 spiro atoms. The molecule has 0 aromatic heterocycles. The summed E-state index contributed by atoms with van der Waals surface area (Å²) < 4.78 is 22.8. The average Bonchev–Trinajstić information content (AvgIpc) is 3.40. The van der Waals surface area contributed by atoms with Crippen molar-refractivity contribution < 1.29 is 18.8 Å². The molecule has 2 fully saturated rings. The number of amides is 1. The number of rotatable bonds is 6. The van der Waals surface area contributed by atoms with Crippen LogP contribution in [0.15, 0.2) is 39.4 Å². The van der Waals surface area contributed by atoms with E-state index in [9.17, 15) is 14.1 Å². The molecule has 5 rings (SSSR count). The molecule has 1 amide bonds. The Morgan fingerprint density at radius 3 is 2.85 bits per heavy atom. The van der Waals surface area contributed by atoms with Crippen molar-refractivity contribution >= 4 is 46.1 Å². The van der Waals surface area contributed by atoms with E-state index in [1.807, 2.05) is 23.1 Å². The van der Waals surface area contributed by atoms with Crippen LogP contribution in [-0.2, 0) is 20.5 Å². The molecule has 5 unspecified atom stereocenters. The van der Waals surface area contributed by atoms with Gasteiger partial charge >= 0.3 is 0 Å². The molecular weight excluding hydrogens is 460 g/mol. The van der Waals surface area contributed by atoms with Crippen LogP contribution in [0, 0.1) is 11.8 Å². The largest absolute Gasteiger partial charge is 0.511 e. The summed E-state index contributed by atoms with van der Waals surface area (Å²) in [7, 11) is 0.644. The number of nitrogens with zero attached hydrogens (tertiary/aromatic N) is 3. The number of hydrogen-bond donors (Lipinski definition) is 2. The minimum atomic E-state index is -1.13. The third-order valence-electron chi connectivity index (χ3n) is 7.01. The fourth-order valence-electron chi connectivity index (χ4n) is 5.19. The minimum absolute atomic E-state index is 0.00399. The van der Waals surface area contributed by atoms with E-state index in [2.05, 4.69) is 18.6 Å². The minimum Gasteiger partial charge on any atom is -0.511 e. The van der Waals surface area contributed by atoms with E-state index in [1.165, 1.54) is 11.9 Å². The van der Waals surface area contributed by atoms with Gasteiger partial charge in [-0.15, -0.1) is 0 Å². The molecule has 5 atom stereocenters. The van der Waals surface area contributed by atoms with Crippen LogP contribution in [0.4, 0.5) is 11.4 Å². The van der Waals surface area contributed by atoms with Gasteiger partial charge in [0.2, 0.25) is 0 Å². The van der Waals surface area contributed by atoms with Crippen LogP contribution in [0.25, 0.3) is 0 Å². The number of amidine groups is 1. The Labute approximate surface area is 201 Å². The molecule has 10 heteroatoms. The zero-order valence-electron chi connectivity index (χ0n) is 19.3. The zero-order valence-corrected chi connectivity index (χ0v) is 20.9.